The monoisotopic (exact) mass is 626 g/mol. The van der Waals surface area contributed by atoms with Crippen LogP contribution in [0.25, 0.3) is 44.4 Å². The van der Waals surface area contributed by atoms with Gasteiger partial charge in [-0.1, -0.05) is 0 Å². The number of hydrogen-bond donors (Lipinski definition) is 4. The number of aliphatic carboxylic acids is 2. The molecule has 2 fully saturated rings. The summed E-state index contributed by atoms with van der Waals surface area (Å²) in [7, 11) is 0. The van der Waals surface area contributed by atoms with Gasteiger partial charge in [0.25, 0.3) is 0 Å². The molecule has 3 aromatic rings. The Balaban J connectivity index is 1.58. The molecule has 0 aromatic carbocycles. The van der Waals surface area contributed by atoms with E-state index in [-0.39, 0.29) is 12.8 Å². The molecule has 2 saturated heterocycles. The standard InChI is InChI=1S/C34H34N4O4S2/c1-15-19(5-7-31(39)40)25-12-26-20(6-8-32(41)42)16(2)22(36-26)10-27-34(30-14-44-30)18(4)24(38-27)11-28-33(29-13-43-29)17(3)23(37-28)9-21(15)35-25/h9-12,29-30,35-36H,5-8,13-14H2,1-4H3,(H,39,40)(H,41,42)/t29-,30+/m0/s1. The van der Waals surface area contributed by atoms with Gasteiger partial charge in [-0.3, -0.25) is 9.59 Å². The van der Waals surface area contributed by atoms with Crippen LogP contribution in [0.4, 0.5) is 0 Å². The van der Waals surface area contributed by atoms with Crippen molar-refractivity contribution >= 4 is 79.8 Å². The molecule has 3 aromatic heterocycles. The smallest absolute Gasteiger partial charge is 0.303 e. The molecule has 4 N–H and O–H groups in total. The van der Waals surface area contributed by atoms with Gasteiger partial charge in [-0.25, -0.2) is 9.97 Å². The Morgan fingerprint density at radius 2 is 1.09 bits per heavy atom. The Bertz CT molecular complexity index is 1990. The Hall–Kier alpha value is -3.76. The van der Waals surface area contributed by atoms with Crippen LogP contribution in [0.3, 0.4) is 0 Å². The van der Waals surface area contributed by atoms with E-state index >= 15 is 0 Å². The highest BCUT2D eigenvalue weighted by atomic mass is 32.2. The van der Waals surface area contributed by atoms with Gasteiger partial charge < -0.3 is 20.2 Å². The average Bonchev–Trinajstić information content (AvgIpc) is 3.88. The average molecular weight is 627 g/mol. The maximum atomic E-state index is 11.6. The molecule has 44 heavy (non-hydrogen) atoms. The van der Waals surface area contributed by atoms with Gasteiger partial charge in [0.1, 0.15) is 0 Å². The second-order valence-corrected chi connectivity index (χ2v) is 14.4. The molecule has 226 valence electrons. The number of rotatable bonds is 8. The number of hydrogen-bond acceptors (Lipinski definition) is 6. The van der Waals surface area contributed by atoms with E-state index < -0.39 is 11.9 Å². The lowest BCUT2D eigenvalue weighted by Crippen LogP contribution is -1.98. The van der Waals surface area contributed by atoms with Crippen LogP contribution in [0.5, 0.6) is 0 Å². The van der Waals surface area contributed by atoms with Crippen molar-refractivity contribution in [2.24, 2.45) is 0 Å². The van der Waals surface area contributed by atoms with Crippen LogP contribution >= 0.6 is 23.5 Å². The number of aromatic amines is 2. The number of nitrogens with one attached hydrogen (secondary N) is 2. The molecule has 7 heterocycles. The molecule has 4 aliphatic heterocycles. The fraction of sp³-hybridized carbons (Fsp3) is 0.353. The normalized spacial score (nSPS) is 19.1. The van der Waals surface area contributed by atoms with Crippen LogP contribution < -0.4 is 0 Å². The molecule has 0 saturated carbocycles. The summed E-state index contributed by atoms with van der Waals surface area (Å²) in [5.74, 6) is 0.458. The van der Waals surface area contributed by atoms with Crippen molar-refractivity contribution in [3.63, 3.8) is 0 Å². The van der Waals surface area contributed by atoms with Gasteiger partial charge in [-0.15, -0.1) is 0 Å². The highest BCUT2D eigenvalue weighted by Crippen LogP contribution is 2.49. The van der Waals surface area contributed by atoms with Crippen molar-refractivity contribution in [3.05, 3.63) is 69.3 Å². The largest absolute Gasteiger partial charge is 0.481 e. The molecular weight excluding hydrogens is 593 g/mol. The first-order chi connectivity index (χ1) is 21.1. The van der Waals surface area contributed by atoms with Crippen LogP contribution in [-0.2, 0) is 22.4 Å². The number of carboxylic acids is 2. The van der Waals surface area contributed by atoms with E-state index in [0.29, 0.717) is 23.3 Å². The zero-order valence-corrected chi connectivity index (χ0v) is 26.8. The van der Waals surface area contributed by atoms with Gasteiger partial charge in [0.15, 0.2) is 0 Å². The van der Waals surface area contributed by atoms with Crippen LogP contribution in [0, 0.1) is 13.8 Å². The van der Waals surface area contributed by atoms with Crippen molar-refractivity contribution in [1.29, 1.82) is 0 Å². The van der Waals surface area contributed by atoms with Gasteiger partial charge in [0.05, 0.1) is 22.8 Å². The number of nitrogens with zero attached hydrogens (tertiary/aromatic N) is 2. The topological polar surface area (TPSA) is 132 Å². The van der Waals surface area contributed by atoms with E-state index in [9.17, 15) is 19.8 Å². The van der Waals surface area contributed by atoms with E-state index in [1.165, 1.54) is 16.7 Å². The Morgan fingerprint density at radius 3 is 1.52 bits per heavy atom. The third kappa shape index (κ3) is 5.28. The molecule has 8 nitrogen and oxygen atoms in total. The number of carbonyl (C=O) groups is 2. The molecule has 8 bridgehead atoms. The predicted molar refractivity (Wildman–Crippen MR) is 180 cm³/mol. The molecule has 4 aliphatic rings. The van der Waals surface area contributed by atoms with E-state index in [1.54, 1.807) is 0 Å². The summed E-state index contributed by atoms with van der Waals surface area (Å²) >= 11 is 3.86. The number of aryl methyl sites for hydroxylation is 4. The van der Waals surface area contributed by atoms with Gasteiger partial charge in [-0.05, 0) is 109 Å². The second-order valence-electron chi connectivity index (χ2n) is 12.0. The molecule has 0 amide bonds. The highest BCUT2D eigenvalue weighted by Gasteiger charge is 2.36. The minimum Gasteiger partial charge on any atom is -0.481 e. The van der Waals surface area contributed by atoms with Gasteiger partial charge in [-0.2, -0.15) is 23.5 Å². The van der Waals surface area contributed by atoms with Crippen LogP contribution in [0.1, 0.15) is 71.7 Å². The highest BCUT2D eigenvalue weighted by molar-refractivity contribution is 8.07. The van der Waals surface area contributed by atoms with Crippen molar-refractivity contribution in [2.75, 3.05) is 11.5 Å². The lowest BCUT2D eigenvalue weighted by Gasteiger charge is -2.02. The fourth-order valence-electron chi connectivity index (χ4n) is 6.50. The molecule has 2 atom stereocenters. The SMILES string of the molecule is CC1=C([C@@H]2CS2)c2cc3nc(cc4[nH]c(cc5[nH]c(cc1n2)c(C)c5CCC(=O)O)c(CCC(=O)O)c4C)C([C@H]1CS1)=C3C. The number of fused-ring (bicyclic) bond motifs is 8. The predicted octanol–water partition coefficient (Wildman–Crippen LogP) is 7.06. The van der Waals surface area contributed by atoms with E-state index in [2.05, 4.69) is 42.0 Å². The van der Waals surface area contributed by atoms with Crippen LogP contribution in [-0.4, -0.2) is 64.1 Å². The third-order valence-corrected chi connectivity index (χ3v) is 10.9. The minimum absolute atomic E-state index is 0.00944. The number of allylic oxidation sites excluding steroid dienone is 2. The zero-order valence-electron chi connectivity index (χ0n) is 25.1. The Kier molecular flexibility index (Phi) is 7.24. The summed E-state index contributed by atoms with van der Waals surface area (Å²) in [5, 5.41) is 19.9. The summed E-state index contributed by atoms with van der Waals surface area (Å²) in [6.45, 7) is 8.35. The van der Waals surface area contributed by atoms with Crippen LogP contribution in [0.2, 0.25) is 0 Å². The van der Waals surface area contributed by atoms with Gasteiger partial charge in [0.2, 0.25) is 0 Å². The first-order valence-electron chi connectivity index (χ1n) is 14.9. The van der Waals surface area contributed by atoms with E-state index in [0.717, 1.165) is 84.2 Å². The summed E-state index contributed by atoms with van der Waals surface area (Å²) in [5.41, 5.74) is 15.9. The number of aromatic nitrogens is 4. The number of thioether (sulfide) groups is 2. The molecule has 0 radical (unpaired) electrons. The Morgan fingerprint density at radius 1 is 0.682 bits per heavy atom. The number of carboxylic acid groups (broad SMARTS) is 2. The molecule has 0 aliphatic carbocycles. The Labute approximate surface area is 263 Å². The van der Waals surface area contributed by atoms with Gasteiger partial charge in [0, 0.05) is 56.9 Å². The van der Waals surface area contributed by atoms with Crippen molar-refractivity contribution in [1.82, 2.24) is 19.9 Å². The summed E-state index contributed by atoms with van der Waals surface area (Å²) < 4.78 is 0. The summed E-state index contributed by atoms with van der Waals surface area (Å²) in [6, 6.07) is 8.36. The van der Waals surface area contributed by atoms with E-state index in [1.807, 2.05) is 43.4 Å². The lowest BCUT2D eigenvalue weighted by atomic mass is 10.0. The minimum atomic E-state index is -0.850. The van der Waals surface area contributed by atoms with Crippen molar-refractivity contribution < 1.29 is 19.8 Å². The second kappa shape index (κ2) is 11.0. The first-order valence-corrected chi connectivity index (χ1v) is 17.0. The van der Waals surface area contributed by atoms with E-state index in [4.69, 9.17) is 9.97 Å². The number of H-pyrrole nitrogens is 2. The first kappa shape index (κ1) is 29.0. The molecule has 10 heteroatoms. The van der Waals surface area contributed by atoms with Crippen molar-refractivity contribution in [2.45, 2.75) is 63.9 Å². The molecule has 7 rings (SSSR count). The zero-order chi connectivity index (χ0) is 30.9. The summed E-state index contributed by atoms with van der Waals surface area (Å²) in [4.78, 5) is 40.7. The fourth-order valence-corrected chi connectivity index (χ4v) is 7.95. The van der Waals surface area contributed by atoms with Gasteiger partial charge >= 0.3 is 11.9 Å². The lowest BCUT2D eigenvalue weighted by molar-refractivity contribution is -0.138. The molecule has 0 unspecified atom stereocenters. The summed E-state index contributed by atoms with van der Waals surface area (Å²) in [6.07, 6.45) is 0.767. The van der Waals surface area contributed by atoms with Crippen LogP contribution in [0.15, 0.2) is 24.3 Å². The quantitative estimate of drug-likeness (QED) is 0.196. The van der Waals surface area contributed by atoms with Crippen molar-refractivity contribution in [3.8, 4) is 0 Å². The molecular formula is C34H34N4O4S2. The third-order valence-electron chi connectivity index (χ3n) is 9.12. The molecule has 0 spiro atoms. The maximum Gasteiger partial charge on any atom is 0.303 e. The maximum absolute atomic E-state index is 11.6.